The van der Waals surface area contributed by atoms with Gasteiger partial charge in [-0.3, -0.25) is 24.1 Å². The van der Waals surface area contributed by atoms with Crippen molar-refractivity contribution in [2.75, 3.05) is 18.5 Å². The number of carbonyl (C=O) groups excluding carboxylic acids is 4. The van der Waals surface area contributed by atoms with Crippen molar-refractivity contribution in [3.63, 3.8) is 0 Å². The number of anilines is 1. The van der Waals surface area contributed by atoms with E-state index in [1.165, 1.54) is 11.0 Å². The highest BCUT2D eigenvalue weighted by Crippen LogP contribution is 2.31. The summed E-state index contributed by atoms with van der Waals surface area (Å²) in [4.78, 5) is 51.2. The van der Waals surface area contributed by atoms with Crippen molar-refractivity contribution in [2.24, 2.45) is 0 Å². The summed E-state index contributed by atoms with van der Waals surface area (Å²) in [6.07, 6.45) is 1.85. The number of imide groups is 1. The predicted molar refractivity (Wildman–Crippen MR) is 138 cm³/mol. The third-order valence-electron chi connectivity index (χ3n) is 6.30. The van der Waals surface area contributed by atoms with Crippen LogP contribution in [0.1, 0.15) is 57.3 Å². The monoisotopic (exact) mass is 514 g/mol. The van der Waals surface area contributed by atoms with E-state index >= 15 is 0 Å². The van der Waals surface area contributed by atoms with Crippen LogP contribution in [0.4, 0.5) is 5.69 Å². The molecule has 3 aromatic carbocycles. The Bertz CT molecular complexity index is 1410. The van der Waals surface area contributed by atoms with Crippen molar-refractivity contribution in [1.82, 2.24) is 4.90 Å². The van der Waals surface area contributed by atoms with E-state index < -0.39 is 0 Å². The molecule has 3 amide bonds. The zero-order chi connectivity index (χ0) is 26.6. The van der Waals surface area contributed by atoms with E-state index in [9.17, 15) is 19.2 Å². The number of nitrogens with one attached hydrogen (secondary N) is 1. The van der Waals surface area contributed by atoms with Crippen LogP contribution in [-0.2, 0) is 9.53 Å². The van der Waals surface area contributed by atoms with Gasteiger partial charge in [-0.05, 0) is 61.4 Å². The molecule has 5 rings (SSSR count). The molecule has 1 N–H and O–H groups in total. The van der Waals surface area contributed by atoms with E-state index in [1.807, 2.05) is 0 Å². The SMILES string of the molecule is CCC(=O)Oc1cccc(C(=O)Nc2cccc(Oc3ccc4c(c3)C(=O)N(CC3CCCO3)C4=O)c2)c1. The number of hydrogen-bond donors (Lipinski definition) is 1. The molecule has 194 valence electrons. The van der Waals surface area contributed by atoms with Crippen LogP contribution in [0.3, 0.4) is 0 Å². The molecule has 0 saturated carbocycles. The number of carbonyl (C=O) groups is 4. The van der Waals surface area contributed by atoms with Gasteiger partial charge >= 0.3 is 5.97 Å². The topological polar surface area (TPSA) is 111 Å². The van der Waals surface area contributed by atoms with Crippen LogP contribution < -0.4 is 14.8 Å². The molecule has 3 aromatic rings. The van der Waals surface area contributed by atoms with Crippen LogP contribution in [0.2, 0.25) is 0 Å². The maximum Gasteiger partial charge on any atom is 0.310 e. The number of ether oxygens (including phenoxy) is 3. The van der Waals surface area contributed by atoms with Gasteiger partial charge < -0.3 is 19.5 Å². The lowest BCUT2D eigenvalue weighted by Gasteiger charge is -2.17. The van der Waals surface area contributed by atoms with E-state index in [0.717, 1.165) is 12.8 Å². The Labute approximate surface area is 219 Å². The van der Waals surface area contributed by atoms with Gasteiger partial charge in [-0.2, -0.15) is 0 Å². The van der Waals surface area contributed by atoms with E-state index in [4.69, 9.17) is 14.2 Å². The van der Waals surface area contributed by atoms with Gasteiger partial charge in [-0.25, -0.2) is 0 Å². The average molecular weight is 515 g/mol. The molecule has 2 heterocycles. The molecule has 0 aliphatic carbocycles. The van der Waals surface area contributed by atoms with Gasteiger partial charge in [-0.15, -0.1) is 0 Å². The molecule has 1 atom stereocenters. The first-order valence-corrected chi connectivity index (χ1v) is 12.4. The Hall–Kier alpha value is -4.50. The Balaban J connectivity index is 1.26. The van der Waals surface area contributed by atoms with Crippen LogP contribution in [0.25, 0.3) is 0 Å². The first-order valence-electron chi connectivity index (χ1n) is 12.4. The summed E-state index contributed by atoms with van der Waals surface area (Å²) in [5.74, 6) is -0.353. The maximum absolute atomic E-state index is 12.9. The van der Waals surface area contributed by atoms with Gasteiger partial charge in [0.25, 0.3) is 17.7 Å². The molecule has 1 fully saturated rings. The second kappa shape index (κ2) is 10.9. The molecule has 2 aliphatic heterocycles. The Morgan fingerprint density at radius 2 is 1.71 bits per heavy atom. The molecular weight excluding hydrogens is 488 g/mol. The van der Waals surface area contributed by atoms with Gasteiger partial charge in [0.15, 0.2) is 0 Å². The summed E-state index contributed by atoms with van der Waals surface area (Å²) in [6, 6.07) is 17.9. The first kappa shape index (κ1) is 25.2. The number of hydrogen-bond acceptors (Lipinski definition) is 7. The molecule has 0 aromatic heterocycles. The number of esters is 1. The van der Waals surface area contributed by atoms with Crippen molar-refractivity contribution in [3.8, 4) is 17.2 Å². The average Bonchev–Trinajstić information content (AvgIpc) is 3.52. The Morgan fingerprint density at radius 3 is 2.50 bits per heavy atom. The summed E-state index contributed by atoms with van der Waals surface area (Å²) in [5, 5.41) is 2.80. The van der Waals surface area contributed by atoms with Crippen molar-refractivity contribution in [3.05, 3.63) is 83.4 Å². The summed E-state index contributed by atoms with van der Waals surface area (Å²) in [6.45, 7) is 2.58. The van der Waals surface area contributed by atoms with E-state index in [0.29, 0.717) is 46.2 Å². The second-order valence-corrected chi connectivity index (χ2v) is 9.00. The third kappa shape index (κ3) is 5.42. The second-order valence-electron chi connectivity index (χ2n) is 9.00. The maximum atomic E-state index is 12.9. The highest BCUT2D eigenvalue weighted by Gasteiger charge is 2.37. The van der Waals surface area contributed by atoms with E-state index in [1.54, 1.807) is 67.6 Å². The number of fused-ring (bicyclic) bond motifs is 1. The predicted octanol–water partition coefficient (Wildman–Crippen LogP) is 4.82. The quantitative estimate of drug-likeness (QED) is 0.261. The fourth-order valence-corrected chi connectivity index (χ4v) is 4.37. The van der Waals surface area contributed by atoms with Crippen molar-refractivity contribution >= 4 is 29.4 Å². The number of nitrogens with zero attached hydrogens (tertiary/aromatic N) is 1. The zero-order valence-electron chi connectivity index (χ0n) is 20.8. The zero-order valence-corrected chi connectivity index (χ0v) is 20.8. The van der Waals surface area contributed by atoms with Crippen molar-refractivity contribution in [2.45, 2.75) is 32.3 Å². The lowest BCUT2D eigenvalue weighted by Crippen LogP contribution is -2.36. The van der Waals surface area contributed by atoms with Gasteiger partial charge in [0, 0.05) is 30.3 Å². The smallest absolute Gasteiger partial charge is 0.310 e. The van der Waals surface area contributed by atoms with Crippen LogP contribution in [0, 0.1) is 0 Å². The summed E-state index contributed by atoms with van der Waals surface area (Å²) in [7, 11) is 0. The standard InChI is InChI=1S/C29H26N2O7/c1-2-26(32)38-20-8-3-6-18(14-20)27(33)30-19-7-4-9-21(15-19)37-22-11-12-24-25(16-22)29(35)31(28(24)34)17-23-10-5-13-36-23/h3-4,6-9,11-12,14-16,23H,2,5,10,13,17H2,1H3,(H,30,33). The van der Waals surface area contributed by atoms with E-state index in [-0.39, 0.29) is 42.8 Å². The molecule has 38 heavy (non-hydrogen) atoms. The summed E-state index contributed by atoms with van der Waals surface area (Å²) in [5.41, 5.74) is 1.44. The Morgan fingerprint density at radius 1 is 0.947 bits per heavy atom. The first-order chi connectivity index (χ1) is 18.4. The molecule has 1 unspecified atom stereocenters. The lowest BCUT2D eigenvalue weighted by atomic mass is 10.1. The molecule has 9 nitrogen and oxygen atoms in total. The summed E-state index contributed by atoms with van der Waals surface area (Å²) < 4.78 is 16.7. The normalized spacial score (nSPS) is 16.3. The number of benzene rings is 3. The van der Waals surface area contributed by atoms with Gasteiger partial charge in [0.1, 0.15) is 17.2 Å². The van der Waals surface area contributed by atoms with Gasteiger partial charge in [-0.1, -0.05) is 19.1 Å². The minimum atomic E-state index is -0.388. The molecular formula is C29H26N2O7. The molecule has 0 radical (unpaired) electrons. The Kier molecular flexibility index (Phi) is 7.19. The third-order valence-corrected chi connectivity index (χ3v) is 6.30. The highest BCUT2D eigenvalue weighted by molar-refractivity contribution is 6.21. The molecule has 2 aliphatic rings. The van der Waals surface area contributed by atoms with Crippen LogP contribution in [0.15, 0.2) is 66.7 Å². The largest absolute Gasteiger partial charge is 0.457 e. The van der Waals surface area contributed by atoms with Crippen LogP contribution >= 0.6 is 0 Å². The van der Waals surface area contributed by atoms with Crippen molar-refractivity contribution < 1.29 is 33.4 Å². The van der Waals surface area contributed by atoms with Gasteiger partial charge in [0.2, 0.25) is 0 Å². The fraction of sp³-hybridized carbons (Fsp3) is 0.241. The van der Waals surface area contributed by atoms with Crippen LogP contribution in [-0.4, -0.2) is 47.8 Å². The minimum Gasteiger partial charge on any atom is -0.457 e. The molecule has 1 saturated heterocycles. The van der Waals surface area contributed by atoms with E-state index in [2.05, 4.69) is 5.32 Å². The lowest BCUT2D eigenvalue weighted by molar-refractivity contribution is -0.134. The molecule has 0 spiro atoms. The highest BCUT2D eigenvalue weighted by atomic mass is 16.5. The summed E-state index contributed by atoms with van der Waals surface area (Å²) >= 11 is 0. The number of rotatable bonds is 8. The minimum absolute atomic E-state index is 0.125. The van der Waals surface area contributed by atoms with Crippen molar-refractivity contribution in [1.29, 1.82) is 0 Å². The van der Waals surface area contributed by atoms with Gasteiger partial charge in [0.05, 0.1) is 23.8 Å². The molecule has 9 heteroatoms. The van der Waals surface area contributed by atoms with Crippen LogP contribution in [0.5, 0.6) is 17.2 Å². The fourth-order valence-electron chi connectivity index (χ4n) is 4.37. The molecule has 0 bridgehead atoms. The number of amides is 3.